The van der Waals surface area contributed by atoms with Gasteiger partial charge in [0.05, 0.1) is 11.4 Å². The number of carbonyl (C=O) groups is 1. The molecular formula is C19H22F3N3O3S2. The third-order valence-corrected chi connectivity index (χ3v) is 6.96. The number of rotatable bonds is 6. The van der Waals surface area contributed by atoms with Crippen molar-refractivity contribution < 1.29 is 26.4 Å². The minimum atomic E-state index is -4.28. The highest BCUT2D eigenvalue weighted by Gasteiger charge is 2.32. The Bertz CT molecular complexity index is 963. The lowest BCUT2D eigenvalue weighted by Crippen LogP contribution is -2.38. The van der Waals surface area contributed by atoms with Gasteiger partial charge in [-0.05, 0) is 36.1 Å². The molecule has 0 bridgehead atoms. The monoisotopic (exact) mass is 461 g/mol. The zero-order chi connectivity index (χ0) is 21.8. The van der Waals surface area contributed by atoms with Crippen LogP contribution in [0.2, 0.25) is 0 Å². The van der Waals surface area contributed by atoms with E-state index in [9.17, 15) is 26.4 Å². The molecule has 1 aromatic carbocycles. The number of carbonyl (C=O) groups excluding carboxylic acids is 1. The molecule has 0 radical (unpaired) electrons. The predicted octanol–water partition coefficient (Wildman–Crippen LogP) is 2.94. The van der Waals surface area contributed by atoms with Gasteiger partial charge in [-0.15, -0.1) is 11.3 Å². The number of hydrogen-bond acceptors (Lipinski definition) is 5. The summed E-state index contributed by atoms with van der Waals surface area (Å²) < 4.78 is 65.5. The molecule has 2 heterocycles. The number of hydrogen-bond donors (Lipinski definition) is 1. The Morgan fingerprint density at radius 1 is 1.10 bits per heavy atom. The fraction of sp³-hybridized carbons (Fsp3) is 0.421. The van der Waals surface area contributed by atoms with Gasteiger partial charge in [-0.2, -0.15) is 13.2 Å². The van der Waals surface area contributed by atoms with E-state index in [0.29, 0.717) is 13.0 Å². The van der Waals surface area contributed by atoms with Crippen LogP contribution >= 0.6 is 11.3 Å². The second-order valence-corrected chi connectivity index (χ2v) is 9.77. The predicted molar refractivity (Wildman–Crippen MR) is 108 cm³/mol. The molecule has 11 heteroatoms. The summed E-state index contributed by atoms with van der Waals surface area (Å²) in [6.45, 7) is -0.00270. The minimum Gasteiger partial charge on any atom is -0.337 e. The van der Waals surface area contributed by atoms with Gasteiger partial charge in [0.2, 0.25) is 10.0 Å². The van der Waals surface area contributed by atoms with Gasteiger partial charge < -0.3 is 4.90 Å². The highest BCUT2D eigenvalue weighted by Crippen LogP contribution is 2.19. The van der Waals surface area contributed by atoms with Crippen LogP contribution in [0.4, 0.5) is 13.2 Å². The van der Waals surface area contributed by atoms with Crippen molar-refractivity contribution in [3.8, 4) is 0 Å². The van der Waals surface area contributed by atoms with Crippen molar-refractivity contribution in [1.29, 1.82) is 0 Å². The summed E-state index contributed by atoms with van der Waals surface area (Å²) in [5, 5.41) is 1.85. The van der Waals surface area contributed by atoms with Crippen LogP contribution in [0.25, 0.3) is 0 Å². The van der Waals surface area contributed by atoms with Crippen LogP contribution in [0.3, 0.4) is 0 Å². The highest BCUT2D eigenvalue weighted by atomic mass is 32.2. The second-order valence-electron chi connectivity index (χ2n) is 6.97. The van der Waals surface area contributed by atoms with Crippen LogP contribution < -0.4 is 4.72 Å². The third-order valence-electron chi connectivity index (χ3n) is 4.69. The average molecular weight is 462 g/mol. The van der Waals surface area contributed by atoms with Gasteiger partial charge in [0.1, 0.15) is 0 Å². The topological polar surface area (TPSA) is 69.7 Å². The third kappa shape index (κ3) is 6.27. The molecule has 0 atom stereocenters. The van der Waals surface area contributed by atoms with E-state index in [1.165, 1.54) is 45.4 Å². The first-order valence-electron chi connectivity index (χ1n) is 9.34. The molecule has 30 heavy (non-hydrogen) atoms. The molecule has 1 aliphatic rings. The van der Waals surface area contributed by atoms with Crippen LogP contribution in [0.15, 0.2) is 46.7 Å². The first kappa shape index (κ1) is 22.7. The van der Waals surface area contributed by atoms with Gasteiger partial charge in [-0.25, -0.2) is 13.1 Å². The van der Waals surface area contributed by atoms with E-state index in [-0.39, 0.29) is 42.5 Å². The number of alkyl halides is 3. The van der Waals surface area contributed by atoms with Gasteiger partial charge in [0.25, 0.3) is 5.91 Å². The zero-order valence-electron chi connectivity index (χ0n) is 16.1. The van der Waals surface area contributed by atoms with Crippen molar-refractivity contribution in [3.05, 3.63) is 52.2 Å². The van der Waals surface area contributed by atoms with Crippen molar-refractivity contribution in [3.63, 3.8) is 0 Å². The van der Waals surface area contributed by atoms with E-state index in [2.05, 4.69) is 4.72 Å². The molecule has 1 aromatic heterocycles. The number of halogens is 3. The standard InChI is InChI=1S/C19H22F3N3O3S2/c20-19(21,22)14-24-7-3-8-25(10-9-24)18(26)15-4-1-6-17(12-15)30(27,28)23-13-16-5-2-11-29-16/h1-2,4-6,11-12,23H,3,7-10,13-14H2. The van der Waals surface area contributed by atoms with E-state index in [1.54, 1.807) is 0 Å². The second kappa shape index (κ2) is 9.46. The summed E-state index contributed by atoms with van der Waals surface area (Å²) in [5.74, 6) is -0.390. The molecule has 164 valence electrons. The van der Waals surface area contributed by atoms with Crippen molar-refractivity contribution in [1.82, 2.24) is 14.5 Å². The molecule has 1 N–H and O–H groups in total. The minimum absolute atomic E-state index is 0.0292. The van der Waals surface area contributed by atoms with E-state index >= 15 is 0 Å². The smallest absolute Gasteiger partial charge is 0.337 e. The summed E-state index contributed by atoms with van der Waals surface area (Å²) in [6, 6.07) is 9.34. The Hall–Kier alpha value is -1.95. The Labute approximate surface area is 177 Å². The first-order valence-corrected chi connectivity index (χ1v) is 11.7. The Balaban J connectivity index is 1.66. The molecule has 6 nitrogen and oxygen atoms in total. The summed E-state index contributed by atoms with van der Waals surface area (Å²) in [5.41, 5.74) is 0.193. The number of thiophene rings is 1. The summed E-state index contributed by atoms with van der Waals surface area (Å²) in [6.07, 6.45) is -3.86. The zero-order valence-corrected chi connectivity index (χ0v) is 17.7. The molecular weight excluding hydrogens is 439 g/mol. The maximum atomic E-state index is 12.8. The number of sulfonamides is 1. The Morgan fingerprint density at radius 2 is 1.90 bits per heavy atom. The summed E-state index contributed by atoms with van der Waals surface area (Å²) in [7, 11) is -3.81. The van der Waals surface area contributed by atoms with Crippen molar-refractivity contribution in [2.45, 2.75) is 24.0 Å². The quantitative estimate of drug-likeness (QED) is 0.718. The summed E-state index contributed by atoms with van der Waals surface area (Å²) in [4.78, 5) is 16.4. The van der Waals surface area contributed by atoms with Gasteiger partial charge in [-0.1, -0.05) is 12.1 Å². The molecule has 0 spiro atoms. The van der Waals surface area contributed by atoms with Gasteiger partial charge in [-0.3, -0.25) is 9.69 Å². The van der Waals surface area contributed by atoms with Crippen molar-refractivity contribution in [2.75, 3.05) is 32.7 Å². The van der Waals surface area contributed by atoms with Crippen LogP contribution in [-0.4, -0.2) is 63.0 Å². The highest BCUT2D eigenvalue weighted by molar-refractivity contribution is 7.89. The lowest BCUT2D eigenvalue weighted by molar-refractivity contribution is -0.145. The molecule has 2 aromatic rings. The number of benzene rings is 1. The molecule has 0 aliphatic carbocycles. The number of nitrogens with one attached hydrogen (secondary N) is 1. The maximum Gasteiger partial charge on any atom is 0.401 e. The molecule has 1 amide bonds. The van der Waals surface area contributed by atoms with Crippen LogP contribution in [0.1, 0.15) is 21.7 Å². The fourth-order valence-electron chi connectivity index (χ4n) is 3.23. The molecule has 1 fully saturated rings. The lowest BCUT2D eigenvalue weighted by Gasteiger charge is -2.23. The average Bonchev–Trinajstić information content (AvgIpc) is 3.11. The van der Waals surface area contributed by atoms with Crippen LogP contribution in [0.5, 0.6) is 0 Å². The van der Waals surface area contributed by atoms with Gasteiger partial charge in [0, 0.05) is 43.2 Å². The van der Waals surface area contributed by atoms with Crippen molar-refractivity contribution in [2.24, 2.45) is 0 Å². The van der Waals surface area contributed by atoms with Crippen LogP contribution in [-0.2, 0) is 16.6 Å². The Morgan fingerprint density at radius 3 is 2.60 bits per heavy atom. The lowest BCUT2D eigenvalue weighted by atomic mass is 10.2. The van der Waals surface area contributed by atoms with Gasteiger partial charge in [0.15, 0.2) is 0 Å². The van der Waals surface area contributed by atoms with E-state index < -0.39 is 22.7 Å². The normalized spacial score (nSPS) is 16.4. The SMILES string of the molecule is O=C(c1cccc(S(=O)(=O)NCc2cccs2)c1)N1CCCN(CC(F)(F)F)CC1. The van der Waals surface area contributed by atoms with Crippen molar-refractivity contribution >= 4 is 27.3 Å². The number of nitrogens with zero attached hydrogens (tertiary/aromatic N) is 2. The van der Waals surface area contributed by atoms with E-state index in [1.807, 2.05) is 17.5 Å². The maximum absolute atomic E-state index is 12.8. The van der Waals surface area contributed by atoms with E-state index in [4.69, 9.17) is 0 Å². The Kier molecular flexibility index (Phi) is 7.17. The first-order chi connectivity index (χ1) is 14.1. The molecule has 3 rings (SSSR count). The molecule has 0 saturated carbocycles. The fourth-order valence-corrected chi connectivity index (χ4v) is 5.02. The van der Waals surface area contributed by atoms with E-state index in [0.717, 1.165) is 4.88 Å². The van der Waals surface area contributed by atoms with Gasteiger partial charge >= 0.3 is 6.18 Å². The molecule has 1 saturated heterocycles. The summed E-state index contributed by atoms with van der Waals surface area (Å²) >= 11 is 1.43. The van der Waals surface area contributed by atoms with Crippen LogP contribution in [0, 0.1) is 0 Å². The largest absolute Gasteiger partial charge is 0.401 e. The molecule has 1 aliphatic heterocycles. The number of amides is 1. The molecule has 0 unspecified atom stereocenters.